The largest absolute Gasteiger partial charge is 0.396 e. The third-order valence-corrected chi connectivity index (χ3v) is 5.20. The summed E-state index contributed by atoms with van der Waals surface area (Å²) in [6, 6.07) is 12.7. The molecule has 2 N–H and O–H groups in total. The van der Waals surface area contributed by atoms with Gasteiger partial charge in [0.15, 0.2) is 5.16 Å². The van der Waals surface area contributed by atoms with Crippen molar-refractivity contribution in [1.29, 1.82) is 0 Å². The van der Waals surface area contributed by atoms with Gasteiger partial charge in [0.1, 0.15) is 5.82 Å². The van der Waals surface area contributed by atoms with Crippen LogP contribution in [0.3, 0.4) is 0 Å². The van der Waals surface area contributed by atoms with Crippen molar-refractivity contribution in [2.45, 2.75) is 30.3 Å². The number of para-hydroxylation sites is 1. The maximum atomic E-state index is 13.3. The van der Waals surface area contributed by atoms with Gasteiger partial charge < -0.3 is 10.4 Å². The van der Waals surface area contributed by atoms with Gasteiger partial charge in [0.25, 0.3) is 5.56 Å². The molecule has 0 radical (unpaired) electrons. The number of fused-ring (bicyclic) bond motifs is 1. The highest BCUT2D eigenvalue weighted by molar-refractivity contribution is 8.00. The molecule has 146 valence electrons. The molecule has 0 aliphatic rings. The maximum absolute atomic E-state index is 13.3. The highest BCUT2D eigenvalue weighted by Crippen LogP contribution is 2.24. The van der Waals surface area contributed by atoms with Gasteiger partial charge in [-0.25, -0.2) is 9.37 Å². The predicted molar refractivity (Wildman–Crippen MR) is 108 cm³/mol. The number of halogens is 1. The first-order chi connectivity index (χ1) is 13.5. The average molecular weight is 401 g/mol. The van der Waals surface area contributed by atoms with E-state index in [2.05, 4.69) is 10.3 Å². The first kappa shape index (κ1) is 20.0. The Kier molecular flexibility index (Phi) is 6.43. The number of carbonyl (C=O) groups excluding carboxylic acids is 1. The van der Waals surface area contributed by atoms with Crippen LogP contribution in [-0.4, -0.2) is 32.4 Å². The van der Waals surface area contributed by atoms with E-state index in [1.54, 1.807) is 37.3 Å². The number of hydrogen-bond acceptors (Lipinski definition) is 5. The molecule has 0 fully saturated rings. The van der Waals surface area contributed by atoms with E-state index in [-0.39, 0.29) is 18.1 Å². The van der Waals surface area contributed by atoms with Crippen molar-refractivity contribution >= 4 is 34.3 Å². The first-order valence-corrected chi connectivity index (χ1v) is 9.71. The lowest BCUT2D eigenvalue weighted by Crippen LogP contribution is -2.27. The predicted octanol–water partition coefficient (Wildman–Crippen LogP) is 3.04. The van der Waals surface area contributed by atoms with E-state index in [9.17, 15) is 14.0 Å². The third-order valence-electron chi connectivity index (χ3n) is 4.11. The molecule has 0 saturated heterocycles. The van der Waals surface area contributed by atoms with E-state index >= 15 is 0 Å². The fourth-order valence-corrected chi connectivity index (χ4v) is 3.62. The summed E-state index contributed by atoms with van der Waals surface area (Å²) in [7, 11) is 0. The minimum Gasteiger partial charge on any atom is -0.396 e. The Morgan fingerprint density at radius 1 is 1.29 bits per heavy atom. The zero-order valence-corrected chi connectivity index (χ0v) is 16.1. The molecule has 8 heteroatoms. The van der Waals surface area contributed by atoms with E-state index in [0.717, 1.165) is 11.8 Å². The van der Waals surface area contributed by atoms with Crippen LogP contribution in [0.1, 0.15) is 13.3 Å². The molecule has 6 nitrogen and oxygen atoms in total. The maximum Gasteiger partial charge on any atom is 0.262 e. The Labute approximate surface area is 165 Å². The summed E-state index contributed by atoms with van der Waals surface area (Å²) < 4.78 is 14.8. The van der Waals surface area contributed by atoms with E-state index in [0.29, 0.717) is 34.7 Å². The number of benzene rings is 2. The monoisotopic (exact) mass is 401 g/mol. The summed E-state index contributed by atoms with van der Waals surface area (Å²) in [5.41, 5.74) is 0.703. The Balaban J connectivity index is 1.87. The first-order valence-electron chi connectivity index (χ1n) is 8.83. The van der Waals surface area contributed by atoms with Gasteiger partial charge in [0, 0.05) is 18.8 Å². The number of aliphatic hydroxyl groups excluding tert-OH is 1. The Bertz CT molecular complexity index is 1050. The molecule has 0 spiro atoms. The summed E-state index contributed by atoms with van der Waals surface area (Å²) in [6.45, 7) is 1.93. The fourth-order valence-electron chi connectivity index (χ4n) is 2.69. The van der Waals surface area contributed by atoms with Crippen LogP contribution in [0.4, 0.5) is 10.1 Å². The second-order valence-corrected chi connectivity index (χ2v) is 7.51. The van der Waals surface area contributed by atoms with E-state index in [1.807, 2.05) is 0 Å². The van der Waals surface area contributed by atoms with Crippen LogP contribution in [0.25, 0.3) is 10.9 Å². The van der Waals surface area contributed by atoms with Crippen LogP contribution in [-0.2, 0) is 11.3 Å². The van der Waals surface area contributed by atoms with Crippen LogP contribution < -0.4 is 10.9 Å². The van der Waals surface area contributed by atoms with Gasteiger partial charge in [-0.3, -0.25) is 14.2 Å². The van der Waals surface area contributed by atoms with Gasteiger partial charge in [-0.1, -0.05) is 30.0 Å². The molecule has 1 aromatic heterocycles. The van der Waals surface area contributed by atoms with Crippen molar-refractivity contribution in [3.8, 4) is 0 Å². The van der Waals surface area contributed by atoms with Crippen molar-refractivity contribution in [1.82, 2.24) is 9.55 Å². The normalized spacial score (nSPS) is 12.1. The SMILES string of the molecule is C[C@H](Sc1nc2ccccc2c(=O)n1CCCO)C(=O)Nc1cccc(F)c1. The zero-order chi connectivity index (χ0) is 20.1. The molecule has 0 aliphatic carbocycles. The summed E-state index contributed by atoms with van der Waals surface area (Å²) in [5.74, 6) is -0.765. The number of nitrogens with zero attached hydrogens (tertiary/aromatic N) is 2. The van der Waals surface area contributed by atoms with Crippen LogP contribution in [0.5, 0.6) is 0 Å². The number of nitrogens with one attached hydrogen (secondary N) is 1. The molecule has 28 heavy (non-hydrogen) atoms. The van der Waals surface area contributed by atoms with Crippen LogP contribution >= 0.6 is 11.8 Å². The van der Waals surface area contributed by atoms with Crippen LogP contribution in [0, 0.1) is 5.82 Å². The van der Waals surface area contributed by atoms with Gasteiger partial charge in [-0.15, -0.1) is 0 Å². The molecule has 1 amide bonds. The van der Waals surface area contributed by atoms with Crippen molar-refractivity contribution in [2.75, 3.05) is 11.9 Å². The number of aromatic nitrogens is 2. The van der Waals surface area contributed by atoms with Crippen molar-refractivity contribution < 1.29 is 14.3 Å². The minimum atomic E-state index is -0.572. The summed E-state index contributed by atoms with van der Waals surface area (Å²) in [5, 5.41) is 12.1. The number of hydrogen-bond donors (Lipinski definition) is 2. The lowest BCUT2D eigenvalue weighted by Gasteiger charge is -2.16. The fraction of sp³-hybridized carbons (Fsp3) is 0.250. The van der Waals surface area contributed by atoms with Gasteiger partial charge in [-0.05, 0) is 43.7 Å². The second kappa shape index (κ2) is 8.99. The molecule has 0 unspecified atom stereocenters. The van der Waals surface area contributed by atoms with Crippen molar-refractivity contribution in [3.63, 3.8) is 0 Å². The Hall–Kier alpha value is -2.71. The standard InChI is InChI=1S/C20H20FN3O3S/c1-13(18(26)22-15-7-4-6-14(21)12-15)28-20-23-17-9-3-2-8-16(17)19(27)24(20)10-5-11-25/h2-4,6-9,12-13,25H,5,10-11H2,1H3,(H,22,26)/t13-/m0/s1. The lowest BCUT2D eigenvalue weighted by atomic mass is 10.2. The molecule has 3 rings (SSSR count). The van der Waals surface area contributed by atoms with Crippen LogP contribution in [0.2, 0.25) is 0 Å². The van der Waals surface area contributed by atoms with Gasteiger partial charge in [0.2, 0.25) is 5.91 Å². The Morgan fingerprint density at radius 2 is 2.07 bits per heavy atom. The summed E-state index contributed by atoms with van der Waals surface area (Å²) >= 11 is 1.15. The molecule has 1 heterocycles. The number of anilines is 1. The van der Waals surface area contributed by atoms with Crippen molar-refractivity contribution in [2.24, 2.45) is 0 Å². The van der Waals surface area contributed by atoms with Gasteiger partial charge in [0.05, 0.1) is 16.2 Å². The van der Waals surface area contributed by atoms with E-state index < -0.39 is 11.1 Å². The number of carbonyl (C=O) groups is 1. The minimum absolute atomic E-state index is 0.0566. The molecule has 0 aliphatic heterocycles. The highest BCUT2D eigenvalue weighted by atomic mass is 32.2. The lowest BCUT2D eigenvalue weighted by molar-refractivity contribution is -0.115. The Morgan fingerprint density at radius 3 is 2.82 bits per heavy atom. The topological polar surface area (TPSA) is 84.2 Å². The second-order valence-electron chi connectivity index (χ2n) is 6.21. The highest BCUT2D eigenvalue weighted by Gasteiger charge is 2.19. The molecular weight excluding hydrogens is 381 g/mol. The average Bonchev–Trinajstić information content (AvgIpc) is 2.68. The molecule has 0 bridgehead atoms. The number of aliphatic hydroxyl groups is 1. The van der Waals surface area contributed by atoms with E-state index in [1.165, 1.54) is 22.8 Å². The van der Waals surface area contributed by atoms with Gasteiger partial charge >= 0.3 is 0 Å². The number of amides is 1. The van der Waals surface area contributed by atoms with Gasteiger partial charge in [-0.2, -0.15) is 0 Å². The zero-order valence-electron chi connectivity index (χ0n) is 15.3. The third kappa shape index (κ3) is 4.58. The van der Waals surface area contributed by atoms with Crippen LogP contribution in [0.15, 0.2) is 58.5 Å². The molecule has 1 atom stereocenters. The summed E-state index contributed by atoms with van der Waals surface area (Å²) in [4.78, 5) is 29.8. The molecule has 2 aromatic carbocycles. The van der Waals surface area contributed by atoms with Crippen molar-refractivity contribution in [3.05, 3.63) is 64.7 Å². The number of rotatable bonds is 7. The smallest absolute Gasteiger partial charge is 0.262 e. The molecule has 3 aromatic rings. The van der Waals surface area contributed by atoms with E-state index in [4.69, 9.17) is 5.11 Å². The number of thioether (sulfide) groups is 1. The molecular formula is C20H20FN3O3S. The molecule has 0 saturated carbocycles. The summed E-state index contributed by atoms with van der Waals surface area (Å²) in [6.07, 6.45) is 0.400. The quantitative estimate of drug-likeness (QED) is 0.470.